The van der Waals surface area contributed by atoms with Gasteiger partial charge in [0, 0.05) is 36.9 Å². The largest absolute Gasteiger partial charge is 0.471 e. The molecular weight excluding hydrogens is 657 g/mol. The number of halogens is 5. The van der Waals surface area contributed by atoms with Gasteiger partial charge in [-0.25, -0.2) is 13.8 Å². The molecule has 0 aliphatic carbocycles. The first-order valence-corrected chi connectivity index (χ1v) is 16.0. The number of anilines is 1. The van der Waals surface area contributed by atoms with Crippen molar-refractivity contribution in [3.05, 3.63) is 47.9 Å². The van der Waals surface area contributed by atoms with E-state index in [1.807, 2.05) is 11.0 Å². The third kappa shape index (κ3) is 5.44. The molecule has 3 aliphatic heterocycles. The molecule has 3 aliphatic rings. The summed E-state index contributed by atoms with van der Waals surface area (Å²) in [7, 11) is 0. The molecule has 0 radical (unpaired) electrons. The molecule has 0 saturated carbocycles. The molecule has 48 heavy (non-hydrogen) atoms. The maximum atomic E-state index is 14.8. The molecule has 2 N–H and O–H groups in total. The van der Waals surface area contributed by atoms with Crippen molar-refractivity contribution in [1.29, 1.82) is 5.26 Å². The summed E-state index contributed by atoms with van der Waals surface area (Å²) >= 11 is 0.756. The van der Waals surface area contributed by atoms with E-state index in [9.17, 15) is 32.0 Å². The zero-order valence-electron chi connectivity index (χ0n) is 25.3. The first kappa shape index (κ1) is 32.0. The predicted octanol–water partition coefficient (Wildman–Crippen LogP) is 5.64. The Morgan fingerprint density at radius 3 is 2.79 bits per heavy atom. The van der Waals surface area contributed by atoms with E-state index in [0.29, 0.717) is 19.4 Å². The Balaban J connectivity index is 1.37. The lowest BCUT2D eigenvalue weighted by molar-refractivity contribution is -0.140. The summed E-state index contributed by atoms with van der Waals surface area (Å²) in [6.07, 6.45) is -3.30. The number of nitrogen functional groups attached to an aromatic ring is 1. The molecule has 250 valence electrons. The number of nitrogens with two attached hydrogens (primary N) is 1. The SMILES string of the molecule is C=CC(=O)N1CCC(Oc2nc(OCC34CCCN3CC(F)C4)nc3cc(-c4ccc(F)c5sc(N)c(C#N)c45)c(C(F)(F)F)nc23)C1. The van der Waals surface area contributed by atoms with Gasteiger partial charge in [0.05, 0.1) is 22.3 Å². The number of rotatable bonds is 7. The Hall–Kier alpha value is -4.62. The molecule has 3 aromatic heterocycles. The summed E-state index contributed by atoms with van der Waals surface area (Å²) in [6, 6.07) is 4.94. The predicted molar refractivity (Wildman–Crippen MR) is 167 cm³/mol. The van der Waals surface area contributed by atoms with Gasteiger partial charge in [-0.05, 0) is 43.2 Å². The standard InChI is InChI=1S/C32H28F5N7O3S/c1-2-23(45)43-9-6-17(14-43)47-29-25-22(40-30(42-29)46-15-31-7-3-8-44(31)13-16(33)11-31)10-19(27(41-25)32(35,36)37)18-4-5-21(34)26-24(18)20(12-38)28(39)48-26/h2,4-5,10,16-17H,1,3,6-9,11,13-15,39H2. The number of nitriles is 1. The second kappa shape index (κ2) is 11.8. The van der Waals surface area contributed by atoms with Crippen LogP contribution in [0.5, 0.6) is 11.9 Å². The number of hydrogen-bond acceptors (Lipinski definition) is 10. The van der Waals surface area contributed by atoms with E-state index in [2.05, 4.69) is 21.5 Å². The zero-order chi connectivity index (χ0) is 34.0. The van der Waals surface area contributed by atoms with Gasteiger partial charge in [0.15, 0.2) is 11.2 Å². The van der Waals surface area contributed by atoms with Gasteiger partial charge in [0.1, 0.15) is 41.3 Å². The molecule has 4 aromatic rings. The quantitative estimate of drug-likeness (QED) is 0.194. The zero-order valence-corrected chi connectivity index (χ0v) is 26.1. The normalized spacial score (nSPS) is 22.7. The minimum Gasteiger partial charge on any atom is -0.471 e. The molecule has 16 heteroatoms. The summed E-state index contributed by atoms with van der Waals surface area (Å²) in [5.41, 5.74) is 2.92. The topological polar surface area (TPSA) is 130 Å². The number of likely N-dealkylation sites (tertiary alicyclic amines) is 1. The van der Waals surface area contributed by atoms with Crippen LogP contribution >= 0.6 is 11.3 Å². The molecule has 0 bridgehead atoms. The van der Waals surface area contributed by atoms with Crippen LogP contribution in [0.1, 0.15) is 36.9 Å². The van der Waals surface area contributed by atoms with E-state index >= 15 is 0 Å². The maximum Gasteiger partial charge on any atom is 0.433 e. The number of benzene rings is 1. The van der Waals surface area contributed by atoms with Gasteiger partial charge in [-0.3, -0.25) is 9.69 Å². The summed E-state index contributed by atoms with van der Waals surface area (Å²) in [6.45, 7) is 5.01. The molecule has 1 amide bonds. The number of thiophene rings is 1. The van der Waals surface area contributed by atoms with Crippen molar-refractivity contribution < 1.29 is 36.2 Å². The highest BCUT2D eigenvalue weighted by molar-refractivity contribution is 7.23. The number of alkyl halides is 4. The van der Waals surface area contributed by atoms with Gasteiger partial charge >= 0.3 is 12.2 Å². The Labute approximate surface area is 274 Å². The van der Waals surface area contributed by atoms with Crippen LogP contribution in [-0.2, 0) is 11.0 Å². The fraction of sp³-hybridized carbons (Fsp3) is 0.406. The summed E-state index contributed by atoms with van der Waals surface area (Å²) in [4.78, 5) is 28.4. The van der Waals surface area contributed by atoms with Crippen LogP contribution in [0.3, 0.4) is 0 Å². The number of pyridine rings is 1. The number of hydrogen-bond donors (Lipinski definition) is 1. The number of carbonyl (C=O) groups excluding carboxylic acids is 1. The Morgan fingerprint density at radius 1 is 1.23 bits per heavy atom. The van der Waals surface area contributed by atoms with Crippen LogP contribution in [0.15, 0.2) is 30.9 Å². The summed E-state index contributed by atoms with van der Waals surface area (Å²) < 4.78 is 85.6. The maximum absolute atomic E-state index is 14.8. The van der Waals surface area contributed by atoms with Crippen molar-refractivity contribution in [2.75, 3.05) is 38.5 Å². The third-order valence-corrected chi connectivity index (χ3v) is 10.3. The van der Waals surface area contributed by atoms with Crippen LogP contribution in [0.4, 0.5) is 27.0 Å². The van der Waals surface area contributed by atoms with E-state index in [1.165, 1.54) is 4.90 Å². The average molecular weight is 686 g/mol. The second-order valence-electron chi connectivity index (χ2n) is 12.2. The summed E-state index contributed by atoms with van der Waals surface area (Å²) in [5, 5.41) is 9.66. The van der Waals surface area contributed by atoms with Gasteiger partial charge < -0.3 is 20.1 Å². The lowest BCUT2D eigenvalue weighted by Gasteiger charge is -2.30. The van der Waals surface area contributed by atoms with Gasteiger partial charge in [-0.15, -0.1) is 11.3 Å². The Kier molecular flexibility index (Phi) is 7.86. The molecule has 3 atom stereocenters. The minimum atomic E-state index is -5.01. The van der Waals surface area contributed by atoms with Crippen LogP contribution in [-0.4, -0.2) is 81.3 Å². The van der Waals surface area contributed by atoms with Crippen LogP contribution in [0, 0.1) is 17.1 Å². The van der Waals surface area contributed by atoms with Crippen molar-refractivity contribution in [3.63, 3.8) is 0 Å². The van der Waals surface area contributed by atoms with Crippen LogP contribution < -0.4 is 15.2 Å². The van der Waals surface area contributed by atoms with Crippen molar-refractivity contribution in [1.82, 2.24) is 24.8 Å². The van der Waals surface area contributed by atoms with Crippen molar-refractivity contribution in [3.8, 4) is 29.1 Å². The van der Waals surface area contributed by atoms with Crippen molar-refractivity contribution in [2.45, 2.75) is 49.7 Å². The van der Waals surface area contributed by atoms with Gasteiger partial charge in [0.2, 0.25) is 11.8 Å². The first-order valence-electron chi connectivity index (χ1n) is 15.2. The molecular formula is C32H28F5N7O3S. The van der Waals surface area contributed by atoms with Crippen LogP contribution in [0.2, 0.25) is 0 Å². The van der Waals surface area contributed by atoms with Crippen molar-refractivity contribution in [2.24, 2.45) is 0 Å². The number of aromatic nitrogens is 3. The smallest absolute Gasteiger partial charge is 0.433 e. The lowest BCUT2D eigenvalue weighted by atomic mass is 9.95. The van der Waals surface area contributed by atoms with E-state index < -0.39 is 41.1 Å². The molecule has 3 fully saturated rings. The molecule has 10 nitrogen and oxygen atoms in total. The lowest BCUT2D eigenvalue weighted by Crippen LogP contribution is -2.43. The minimum absolute atomic E-state index is 0.0434. The average Bonchev–Trinajstić information content (AvgIpc) is 3.81. The van der Waals surface area contributed by atoms with Crippen LogP contribution in [0.25, 0.3) is 32.2 Å². The highest BCUT2D eigenvalue weighted by atomic mass is 32.1. The third-order valence-electron chi connectivity index (χ3n) is 9.25. The number of ether oxygens (including phenoxy) is 2. The van der Waals surface area contributed by atoms with Gasteiger partial charge in [-0.2, -0.15) is 28.4 Å². The number of amides is 1. The number of carbonyl (C=O) groups is 1. The first-order chi connectivity index (χ1) is 22.9. The molecule has 1 aromatic carbocycles. The van der Waals surface area contributed by atoms with E-state index in [1.54, 1.807) is 0 Å². The fourth-order valence-electron chi connectivity index (χ4n) is 7.07. The second-order valence-corrected chi connectivity index (χ2v) is 13.2. The highest BCUT2D eigenvalue weighted by Gasteiger charge is 2.49. The fourth-order valence-corrected chi connectivity index (χ4v) is 8.01. The highest BCUT2D eigenvalue weighted by Crippen LogP contribution is 2.46. The number of nitrogens with zero attached hydrogens (tertiary/aromatic N) is 6. The molecule has 3 saturated heterocycles. The van der Waals surface area contributed by atoms with E-state index in [4.69, 9.17) is 15.2 Å². The number of fused-ring (bicyclic) bond motifs is 3. The summed E-state index contributed by atoms with van der Waals surface area (Å²) in [5.74, 6) is -1.35. The molecule has 0 spiro atoms. The monoisotopic (exact) mass is 685 g/mol. The molecule has 3 unspecified atom stereocenters. The van der Waals surface area contributed by atoms with Gasteiger partial charge in [0.25, 0.3) is 0 Å². The molecule has 6 heterocycles. The van der Waals surface area contributed by atoms with Gasteiger partial charge in [-0.1, -0.05) is 12.6 Å². The Bertz CT molecular complexity index is 2010. The van der Waals surface area contributed by atoms with E-state index in [-0.39, 0.29) is 81.2 Å². The molecule has 7 rings (SSSR count). The van der Waals surface area contributed by atoms with Crippen molar-refractivity contribution >= 4 is 43.4 Å². The van der Waals surface area contributed by atoms with E-state index in [0.717, 1.165) is 48.6 Å². The Morgan fingerprint density at radius 2 is 2.04 bits per heavy atom.